The van der Waals surface area contributed by atoms with Crippen molar-refractivity contribution in [2.24, 2.45) is 5.92 Å². The Kier molecular flexibility index (Phi) is 4.43. The molecule has 0 aromatic carbocycles. The maximum Gasteiger partial charge on any atom is 0.228 e. The molecule has 4 heterocycles. The summed E-state index contributed by atoms with van der Waals surface area (Å²) in [7, 11) is 0. The smallest absolute Gasteiger partial charge is 0.228 e. The maximum absolute atomic E-state index is 12.1. The molecule has 0 bridgehead atoms. The summed E-state index contributed by atoms with van der Waals surface area (Å²) in [5.41, 5.74) is 5.03. The number of carbonyl (C=O) groups excluding carboxylic acids is 1. The molecule has 1 amide bonds. The highest BCUT2D eigenvalue weighted by molar-refractivity contribution is 5.96. The van der Waals surface area contributed by atoms with Gasteiger partial charge in [-0.2, -0.15) is 0 Å². The van der Waals surface area contributed by atoms with E-state index in [1.165, 1.54) is 0 Å². The van der Waals surface area contributed by atoms with Crippen molar-refractivity contribution in [1.82, 2.24) is 24.6 Å². The molecule has 0 saturated heterocycles. The number of hydrogen-bond donors (Lipinski definition) is 2. The van der Waals surface area contributed by atoms with E-state index in [0.717, 1.165) is 40.4 Å². The monoisotopic (exact) mass is 402 g/mol. The Bertz CT molecular complexity index is 1280. The fourth-order valence-corrected chi connectivity index (χ4v) is 3.68. The van der Waals surface area contributed by atoms with Gasteiger partial charge in [0.1, 0.15) is 12.1 Å². The molecule has 0 aliphatic heterocycles. The van der Waals surface area contributed by atoms with E-state index in [1.807, 2.05) is 36.4 Å². The van der Waals surface area contributed by atoms with Gasteiger partial charge < -0.3 is 10.4 Å². The molecule has 1 aliphatic carbocycles. The number of aromatic nitrogens is 5. The van der Waals surface area contributed by atoms with Gasteiger partial charge in [0.25, 0.3) is 0 Å². The first-order valence-electron chi connectivity index (χ1n) is 10.1. The molecule has 0 radical (unpaired) electrons. The molecule has 8 heteroatoms. The zero-order valence-electron chi connectivity index (χ0n) is 16.8. The number of hydrogen-bond acceptors (Lipinski definition) is 6. The van der Waals surface area contributed by atoms with Gasteiger partial charge in [0, 0.05) is 40.9 Å². The molecule has 5 rings (SSSR count). The number of nitrogens with zero attached hydrogens (tertiary/aromatic N) is 5. The highest BCUT2D eigenvalue weighted by Crippen LogP contribution is 2.33. The number of aryl methyl sites for hydroxylation is 1. The van der Waals surface area contributed by atoms with Crippen molar-refractivity contribution in [2.75, 3.05) is 5.32 Å². The first-order chi connectivity index (χ1) is 14.5. The fraction of sp³-hybridized carbons (Fsp3) is 0.318. The second kappa shape index (κ2) is 7.14. The summed E-state index contributed by atoms with van der Waals surface area (Å²) in [5, 5.41) is 22.3. The lowest BCUT2D eigenvalue weighted by atomic mass is 10.0. The molecule has 30 heavy (non-hydrogen) atoms. The average Bonchev–Trinajstić information content (AvgIpc) is 3.49. The van der Waals surface area contributed by atoms with Crippen LogP contribution < -0.4 is 5.32 Å². The minimum absolute atomic E-state index is 0.0227. The second-order valence-corrected chi connectivity index (χ2v) is 7.82. The lowest BCUT2D eigenvalue weighted by Gasteiger charge is -2.13. The SMILES string of the molecule is CCC(O)c1cc(C)c(-c2cc3cnc(NC(=O)C4CC4)cc3n3cnnc23)cn1. The van der Waals surface area contributed by atoms with Crippen LogP contribution in [0.15, 0.2) is 36.9 Å². The highest BCUT2D eigenvalue weighted by Gasteiger charge is 2.29. The molecule has 0 spiro atoms. The molecule has 1 fully saturated rings. The third-order valence-electron chi connectivity index (χ3n) is 5.61. The van der Waals surface area contributed by atoms with E-state index in [9.17, 15) is 9.90 Å². The van der Waals surface area contributed by atoms with E-state index in [-0.39, 0.29) is 11.8 Å². The van der Waals surface area contributed by atoms with Crippen LogP contribution in [0.3, 0.4) is 0 Å². The van der Waals surface area contributed by atoms with Crippen LogP contribution in [-0.4, -0.2) is 35.6 Å². The Hall–Kier alpha value is -3.39. The summed E-state index contributed by atoms with van der Waals surface area (Å²) in [5.74, 6) is 0.664. The average molecular weight is 402 g/mol. The Morgan fingerprint density at radius 1 is 1.23 bits per heavy atom. The fourth-order valence-electron chi connectivity index (χ4n) is 3.68. The number of pyridine rings is 3. The van der Waals surface area contributed by atoms with E-state index >= 15 is 0 Å². The van der Waals surface area contributed by atoms with Crippen LogP contribution >= 0.6 is 0 Å². The molecular formula is C22H22N6O2. The van der Waals surface area contributed by atoms with Crippen molar-refractivity contribution in [3.8, 4) is 11.1 Å². The van der Waals surface area contributed by atoms with Crippen LogP contribution in [0.25, 0.3) is 27.7 Å². The molecule has 2 N–H and O–H groups in total. The van der Waals surface area contributed by atoms with Crippen molar-refractivity contribution >= 4 is 28.3 Å². The van der Waals surface area contributed by atoms with Gasteiger partial charge >= 0.3 is 0 Å². The number of nitrogens with one attached hydrogen (secondary N) is 1. The zero-order valence-corrected chi connectivity index (χ0v) is 16.8. The van der Waals surface area contributed by atoms with Gasteiger partial charge in [-0.1, -0.05) is 6.92 Å². The topological polar surface area (TPSA) is 105 Å². The number of aliphatic hydroxyl groups excluding tert-OH is 1. The molecule has 1 aliphatic rings. The van der Waals surface area contributed by atoms with E-state index in [1.54, 1.807) is 18.7 Å². The van der Waals surface area contributed by atoms with Crippen molar-refractivity contribution in [3.05, 3.63) is 48.2 Å². The van der Waals surface area contributed by atoms with Gasteiger partial charge in [0.05, 0.1) is 17.3 Å². The Balaban J connectivity index is 1.61. The van der Waals surface area contributed by atoms with Gasteiger partial charge in [0.2, 0.25) is 5.91 Å². The van der Waals surface area contributed by atoms with Gasteiger partial charge in [-0.15, -0.1) is 10.2 Å². The maximum atomic E-state index is 12.1. The van der Waals surface area contributed by atoms with Crippen LogP contribution in [0.1, 0.15) is 43.5 Å². The number of aliphatic hydroxyl groups is 1. The molecular weight excluding hydrogens is 380 g/mol. The first-order valence-corrected chi connectivity index (χ1v) is 10.1. The van der Waals surface area contributed by atoms with E-state index < -0.39 is 6.10 Å². The lowest BCUT2D eigenvalue weighted by molar-refractivity contribution is -0.117. The first kappa shape index (κ1) is 18.6. The third-order valence-corrected chi connectivity index (χ3v) is 5.61. The standard InChI is InChI=1S/C22H22N6O2/c1-3-19(29)17-6-12(2)16(10-23-17)15-7-14-9-24-20(26-22(30)13-4-5-13)8-18(14)28-11-25-27-21(15)28/h6-11,13,19,29H,3-5H2,1-2H3,(H,24,26,30). The summed E-state index contributed by atoms with van der Waals surface area (Å²) in [4.78, 5) is 21.0. The molecule has 4 aromatic heterocycles. The van der Waals surface area contributed by atoms with Crippen molar-refractivity contribution in [1.29, 1.82) is 0 Å². The summed E-state index contributed by atoms with van der Waals surface area (Å²) >= 11 is 0. The number of anilines is 1. The van der Waals surface area contributed by atoms with Gasteiger partial charge in [-0.25, -0.2) is 4.98 Å². The minimum Gasteiger partial charge on any atom is -0.387 e. The summed E-state index contributed by atoms with van der Waals surface area (Å²) < 4.78 is 1.90. The van der Waals surface area contributed by atoms with Gasteiger partial charge in [-0.3, -0.25) is 14.2 Å². The van der Waals surface area contributed by atoms with Crippen molar-refractivity contribution < 1.29 is 9.90 Å². The lowest BCUT2D eigenvalue weighted by Crippen LogP contribution is -2.14. The molecule has 1 atom stereocenters. The minimum atomic E-state index is -0.573. The van der Waals surface area contributed by atoms with E-state index in [4.69, 9.17) is 0 Å². The second-order valence-electron chi connectivity index (χ2n) is 7.82. The predicted molar refractivity (Wildman–Crippen MR) is 113 cm³/mol. The molecule has 1 saturated carbocycles. The Labute approximate surface area is 173 Å². The Morgan fingerprint density at radius 2 is 2.07 bits per heavy atom. The third kappa shape index (κ3) is 3.19. The molecule has 8 nitrogen and oxygen atoms in total. The van der Waals surface area contributed by atoms with Crippen LogP contribution in [0.4, 0.5) is 5.82 Å². The van der Waals surface area contributed by atoms with Crippen LogP contribution in [0.5, 0.6) is 0 Å². The highest BCUT2D eigenvalue weighted by atomic mass is 16.3. The normalized spacial score (nSPS) is 14.9. The summed E-state index contributed by atoms with van der Waals surface area (Å²) in [6.07, 6.45) is 7.11. The number of carbonyl (C=O) groups is 1. The number of rotatable bonds is 5. The Morgan fingerprint density at radius 3 is 2.80 bits per heavy atom. The molecule has 152 valence electrons. The molecule has 1 unspecified atom stereocenters. The van der Waals surface area contributed by atoms with Crippen LogP contribution in [0.2, 0.25) is 0 Å². The summed E-state index contributed by atoms with van der Waals surface area (Å²) in [6.45, 7) is 3.92. The van der Waals surface area contributed by atoms with E-state index in [2.05, 4.69) is 25.5 Å². The van der Waals surface area contributed by atoms with E-state index in [0.29, 0.717) is 23.6 Å². The number of fused-ring (bicyclic) bond motifs is 3. The molecule has 4 aromatic rings. The quantitative estimate of drug-likeness (QED) is 0.530. The van der Waals surface area contributed by atoms with Gasteiger partial charge in [0.15, 0.2) is 5.65 Å². The summed E-state index contributed by atoms with van der Waals surface area (Å²) in [6, 6.07) is 5.77. The van der Waals surface area contributed by atoms with Crippen LogP contribution in [0, 0.1) is 12.8 Å². The van der Waals surface area contributed by atoms with Crippen LogP contribution in [-0.2, 0) is 4.79 Å². The zero-order chi connectivity index (χ0) is 20.8. The van der Waals surface area contributed by atoms with Crippen molar-refractivity contribution in [2.45, 2.75) is 39.2 Å². The van der Waals surface area contributed by atoms with Gasteiger partial charge in [-0.05, 0) is 43.9 Å². The largest absolute Gasteiger partial charge is 0.387 e. The number of amides is 1. The predicted octanol–water partition coefficient (Wildman–Crippen LogP) is 3.44. The van der Waals surface area contributed by atoms with Crippen molar-refractivity contribution in [3.63, 3.8) is 0 Å².